The molecule has 0 unspecified atom stereocenters. The predicted molar refractivity (Wildman–Crippen MR) is 57.7 cm³/mol. The highest BCUT2D eigenvalue weighted by molar-refractivity contribution is 5.84. The summed E-state index contributed by atoms with van der Waals surface area (Å²) in [5, 5.41) is 0. The first kappa shape index (κ1) is 12.5. The Morgan fingerprint density at radius 3 is 2.24 bits per heavy atom. The molecule has 1 saturated carbocycles. The predicted octanol–water partition coefficient (Wildman–Crippen LogP) is 2.00. The van der Waals surface area contributed by atoms with E-state index in [-0.39, 0.29) is 43.3 Å². The molecule has 3 nitrogen and oxygen atoms in total. The van der Waals surface area contributed by atoms with Gasteiger partial charge in [0.15, 0.2) is 0 Å². The number of hydrogen-bond donors (Lipinski definition) is 0. The molecule has 5 heteroatoms. The van der Waals surface area contributed by atoms with Crippen LogP contribution >= 0.6 is 0 Å². The van der Waals surface area contributed by atoms with Crippen molar-refractivity contribution in [2.75, 3.05) is 13.1 Å². The van der Waals surface area contributed by atoms with Gasteiger partial charge in [-0.1, -0.05) is 0 Å². The minimum Gasteiger partial charge on any atom is -0.342 e. The van der Waals surface area contributed by atoms with Crippen LogP contribution in [0.3, 0.4) is 0 Å². The van der Waals surface area contributed by atoms with Crippen molar-refractivity contribution in [1.82, 2.24) is 4.90 Å². The second kappa shape index (κ2) is 4.70. The topological polar surface area (TPSA) is 37.4 Å². The van der Waals surface area contributed by atoms with Gasteiger partial charge in [0, 0.05) is 44.7 Å². The molecule has 2 fully saturated rings. The van der Waals surface area contributed by atoms with E-state index in [0.29, 0.717) is 25.9 Å². The van der Waals surface area contributed by atoms with Crippen molar-refractivity contribution in [3.8, 4) is 0 Å². The molecule has 0 aromatic heterocycles. The second-order valence-corrected chi connectivity index (χ2v) is 4.99. The highest BCUT2D eigenvalue weighted by Gasteiger charge is 2.38. The quantitative estimate of drug-likeness (QED) is 0.708. The van der Waals surface area contributed by atoms with Crippen molar-refractivity contribution < 1.29 is 18.4 Å². The molecule has 1 aliphatic heterocycles. The van der Waals surface area contributed by atoms with Crippen LogP contribution in [0.25, 0.3) is 0 Å². The second-order valence-electron chi connectivity index (χ2n) is 4.99. The number of alkyl halides is 2. The van der Waals surface area contributed by atoms with Crippen LogP contribution < -0.4 is 0 Å². The van der Waals surface area contributed by atoms with Crippen LogP contribution in [0, 0.1) is 5.92 Å². The lowest BCUT2D eigenvalue weighted by Gasteiger charge is -2.33. The van der Waals surface area contributed by atoms with Crippen LogP contribution in [-0.2, 0) is 9.59 Å². The van der Waals surface area contributed by atoms with Gasteiger partial charge >= 0.3 is 0 Å². The van der Waals surface area contributed by atoms with Gasteiger partial charge < -0.3 is 4.90 Å². The number of likely N-dealkylation sites (tertiary alicyclic amines) is 1. The minimum atomic E-state index is -2.59. The normalized spacial score (nSPS) is 26.0. The lowest BCUT2D eigenvalue weighted by Crippen LogP contribution is -2.43. The first-order chi connectivity index (χ1) is 7.98. The Balaban J connectivity index is 1.86. The zero-order chi connectivity index (χ0) is 12.5. The molecule has 1 amide bonds. The van der Waals surface area contributed by atoms with Crippen molar-refractivity contribution in [2.45, 2.75) is 44.4 Å². The summed E-state index contributed by atoms with van der Waals surface area (Å²) in [6.07, 6.45) is 1.00. The third-order valence-electron chi connectivity index (χ3n) is 3.70. The van der Waals surface area contributed by atoms with Gasteiger partial charge in [0.05, 0.1) is 0 Å². The van der Waals surface area contributed by atoms with Gasteiger partial charge in [0.25, 0.3) is 0 Å². The molecule has 0 bridgehead atoms. The van der Waals surface area contributed by atoms with Crippen LogP contribution in [0.2, 0.25) is 0 Å². The van der Waals surface area contributed by atoms with Gasteiger partial charge in [-0.05, 0) is 12.8 Å². The summed E-state index contributed by atoms with van der Waals surface area (Å²) in [6, 6.07) is 0. The summed E-state index contributed by atoms with van der Waals surface area (Å²) in [6.45, 7) is 0.926. The monoisotopic (exact) mass is 245 g/mol. The SMILES string of the molecule is O=C1CCN(C(=O)C2CCC(F)(F)CC2)CC1. The fourth-order valence-corrected chi connectivity index (χ4v) is 2.52. The summed E-state index contributed by atoms with van der Waals surface area (Å²) in [5.74, 6) is -2.70. The number of piperidine rings is 1. The molecular formula is C12H17F2NO2. The zero-order valence-electron chi connectivity index (χ0n) is 9.75. The van der Waals surface area contributed by atoms with Crippen LogP contribution in [0.1, 0.15) is 38.5 Å². The number of amides is 1. The van der Waals surface area contributed by atoms with Gasteiger partial charge in [-0.2, -0.15) is 0 Å². The van der Waals surface area contributed by atoms with Crippen LogP contribution in [0.4, 0.5) is 8.78 Å². The number of Topliss-reactive ketones (excluding diaryl/α,β-unsaturated/α-hetero) is 1. The zero-order valence-corrected chi connectivity index (χ0v) is 9.75. The first-order valence-corrected chi connectivity index (χ1v) is 6.16. The summed E-state index contributed by atoms with van der Waals surface area (Å²) < 4.78 is 25.9. The summed E-state index contributed by atoms with van der Waals surface area (Å²) in [5.41, 5.74) is 0. The molecule has 2 aliphatic rings. The molecular weight excluding hydrogens is 228 g/mol. The Hall–Kier alpha value is -1.00. The van der Waals surface area contributed by atoms with E-state index >= 15 is 0 Å². The molecule has 2 rings (SSSR count). The van der Waals surface area contributed by atoms with Crippen LogP contribution in [0.15, 0.2) is 0 Å². The lowest BCUT2D eigenvalue weighted by molar-refractivity contribution is -0.141. The van der Waals surface area contributed by atoms with Crippen molar-refractivity contribution >= 4 is 11.7 Å². The fraction of sp³-hybridized carbons (Fsp3) is 0.833. The van der Waals surface area contributed by atoms with Crippen molar-refractivity contribution in [3.05, 3.63) is 0 Å². The molecule has 96 valence electrons. The number of carbonyl (C=O) groups is 2. The Labute approximate surface area is 99.2 Å². The third-order valence-corrected chi connectivity index (χ3v) is 3.70. The van der Waals surface area contributed by atoms with E-state index < -0.39 is 5.92 Å². The fourth-order valence-electron chi connectivity index (χ4n) is 2.52. The molecule has 1 aliphatic carbocycles. The molecule has 0 aromatic rings. The Morgan fingerprint density at radius 1 is 1.18 bits per heavy atom. The number of rotatable bonds is 1. The molecule has 0 N–H and O–H groups in total. The largest absolute Gasteiger partial charge is 0.342 e. The van der Waals surface area contributed by atoms with Crippen LogP contribution in [0.5, 0.6) is 0 Å². The van der Waals surface area contributed by atoms with Crippen molar-refractivity contribution in [2.24, 2.45) is 5.92 Å². The lowest BCUT2D eigenvalue weighted by atomic mass is 9.85. The van der Waals surface area contributed by atoms with Crippen molar-refractivity contribution in [1.29, 1.82) is 0 Å². The van der Waals surface area contributed by atoms with Gasteiger partial charge in [0.2, 0.25) is 11.8 Å². The third kappa shape index (κ3) is 3.01. The van der Waals surface area contributed by atoms with E-state index in [1.54, 1.807) is 4.90 Å². The molecule has 0 radical (unpaired) electrons. The smallest absolute Gasteiger partial charge is 0.248 e. The summed E-state index contributed by atoms with van der Waals surface area (Å²) in [7, 11) is 0. The standard InChI is InChI=1S/C12H17F2NO2/c13-12(14)5-1-9(2-6-12)11(17)15-7-3-10(16)4-8-15/h9H,1-8H2. The van der Waals surface area contributed by atoms with Gasteiger partial charge in [-0.25, -0.2) is 8.78 Å². The molecule has 0 spiro atoms. The van der Waals surface area contributed by atoms with Crippen LogP contribution in [-0.4, -0.2) is 35.6 Å². The molecule has 1 heterocycles. The van der Waals surface area contributed by atoms with Gasteiger partial charge in [-0.15, -0.1) is 0 Å². The van der Waals surface area contributed by atoms with Gasteiger partial charge in [-0.3, -0.25) is 9.59 Å². The Morgan fingerprint density at radius 2 is 1.71 bits per heavy atom. The highest BCUT2D eigenvalue weighted by atomic mass is 19.3. The molecule has 0 aromatic carbocycles. The average Bonchev–Trinajstić information content (AvgIpc) is 2.29. The molecule has 17 heavy (non-hydrogen) atoms. The Kier molecular flexibility index (Phi) is 3.45. The number of hydrogen-bond acceptors (Lipinski definition) is 2. The van der Waals surface area contributed by atoms with E-state index in [1.165, 1.54) is 0 Å². The van der Waals surface area contributed by atoms with E-state index in [9.17, 15) is 18.4 Å². The number of carbonyl (C=O) groups excluding carboxylic acids is 2. The highest BCUT2D eigenvalue weighted by Crippen LogP contribution is 2.37. The maximum atomic E-state index is 13.0. The maximum absolute atomic E-state index is 13.0. The number of halogens is 2. The minimum absolute atomic E-state index is 0.0343. The van der Waals surface area contributed by atoms with E-state index in [0.717, 1.165) is 0 Å². The molecule has 1 saturated heterocycles. The first-order valence-electron chi connectivity index (χ1n) is 6.16. The van der Waals surface area contributed by atoms with E-state index in [1.807, 2.05) is 0 Å². The van der Waals surface area contributed by atoms with E-state index in [2.05, 4.69) is 0 Å². The van der Waals surface area contributed by atoms with Gasteiger partial charge in [0.1, 0.15) is 5.78 Å². The summed E-state index contributed by atoms with van der Waals surface area (Å²) >= 11 is 0. The molecule has 0 atom stereocenters. The Bertz CT molecular complexity index is 310. The van der Waals surface area contributed by atoms with Crippen molar-refractivity contribution in [3.63, 3.8) is 0 Å². The summed E-state index contributed by atoms with van der Waals surface area (Å²) in [4.78, 5) is 24.8. The number of nitrogens with zero attached hydrogens (tertiary/aromatic N) is 1. The number of ketones is 1. The van der Waals surface area contributed by atoms with E-state index in [4.69, 9.17) is 0 Å². The average molecular weight is 245 g/mol. The maximum Gasteiger partial charge on any atom is 0.248 e.